The average Bonchev–Trinajstić information content (AvgIpc) is 3.37. The minimum atomic E-state index is -4.93. The normalized spacial score (nSPS) is 14.5. The third-order valence-corrected chi connectivity index (χ3v) is 14.7. The number of carbonyl (C=O) groups excluding carboxylic acids is 4. The topological polar surface area (TPSA) is 237 Å². The smallest absolute Gasteiger partial charge is 0.462 e. The highest BCUT2D eigenvalue weighted by atomic mass is 31.2. The summed E-state index contributed by atoms with van der Waals surface area (Å²) in [5.74, 6) is -1.44. The predicted octanol–water partition coefficient (Wildman–Crippen LogP) is 14.7. The molecule has 0 aliphatic heterocycles. The molecule has 0 bridgehead atoms. The van der Waals surface area contributed by atoms with Gasteiger partial charge in [0.25, 0.3) is 0 Å². The van der Waals surface area contributed by atoms with Gasteiger partial charge in [0.05, 0.1) is 26.4 Å². The van der Waals surface area contributed by atoms with Crippen molar-refractivity contribution < 1.29 is 80.2 Å². The Labute approximate surface area is 454 Å². The molecule has 19 heteroatoms. The van der Waals surface area contributed by atoms with Gasteiger partial charge in [-0.25, -0.2) is 9.13 Å². The van der Waals surface area contributed by atoms with Gasteiger partial charge in [0, 0.05) is 25.7 Å². The molecular formula is C56H108O17P2. The second kappa shape index (κ2) is 50.3. The Morgan fingerprint density at radius 2 is 0.613 bits per heavy atom. The second-order valence-corrected chi connectivity index (χ2v) is 23.7. The summed E-state index contributed by atoms with van der Waals surface area (Å²) < 4.78 is 67.2. The average molecular weight is 1120 g/mol. The van der Waals surface area contributed by atoms with Crippen molar-refractivity contribution in [1.29, 1.82) is 0 Å². The van der Waals surface area contributed by atoms with Crippen LogP contribution in [-0.2, 0) is 65.4 Å². The molecule has 0 aromatic rings. The summed E-state index contributed by atoms with van der Waals surface area (Å²) >= 11 is 0. The molecule has 0 spiro atoms. The highest BCUT2D eigenvalue weighted by Crippen LogP contribution is 2.45. The van der Waals surface area contributed by atoms with Crippen LogP contribution in [0.4, 0.5) is 0 Å². The van der Waals surface area contributed by atoms with Gasteiger partial charge < -0.3 is 33.8 Å². The van der Waals surface area contributed by atoms with Crippen LogP contribution in [0.25, 0.3) is 0 Å². The first-order valence-electron chi connectivity index (χ1n) is 29.6. The van der Waals surface area contributed by atoms with Gasteiger partial charge in [-0.15, -0.1) is 0 Å². The lowest BCUT2D eigenvalue weighted by Crippen LogP contribution is -2.30. The maximum Gasteiger partial charge on any atom is 0.472 e. The van der Waals surface area contributed by atoms with E-state index in [9.17, 15) is 43.2 Å². The summed E-state index contributed by atoms with van der Waals surface area (Å²) in [7, 11) is -9.85. The Morgan fingerprint density at radius 1 is 0.360 bits per heavy atom. The SMILES string of the molecule is CCCCCCCCCCCCCCCCC(=O)O[C@H](COC(=O)CCCCCCCCCCC(C)C)COP(=O)(O)OC[C@@H](O)COP(=O)(O)OC[C@@H](COC(=O)CCCCCCC)OC(=O)CCCCCCC. The first-order chi connectivity index (χ1) is 36.0. The van der Waals surface area contributed by atoms with Crippen molar-refractivity contribution in [2.45, 2.75) is 291 Å². The monoisotopic (exact) mass is 1110 g/mol. The van der Waals surface area contributed by atoms with Gasteiger partial charge in [0.1, 0.15) is 19.3 Å². The van der Waals surface area contributed by atoms with Gasteiger partial charge >= 0.3 is 39.5 Å². The molecule has 0 heterocycles. The van der Waals surface area contributed by atoms with E-state index in [-0.39, 0.29) is 25.7 Å². The van der Waals surface area contributed by atoms with Crippen LogP contribution in [0.2, 0.25) is 0 Å². The summed E-state index contributed by atoms with van der Waals surface area (Å²) in [6.07, 6.45) is 31.5. The van der Waals surface area contributed by atoms with Crippen LogP contribution in [-0.4, -0.2) is 96.7 Å². The molecular weight excluding hydrogens is 1010 g/mol. The molecule has 0 aliphatic carbocycles. The zero-order valence-electron chi connectivity index (χ0n) is 47.7. The van der Waals surface area contributed by atoms with E-state index in [4.69, 9.17) is 37.0 Å². The van der Waals surface area contributed by atoms with Crippen LogP contribution in [0, 0.1) is 5.92 Å². The van der Waals surface area contributed by atoms with Gasteiger partial charge in [0.15, 0.2) is 12.2 Å². The minimum absolute atomic E-state index is 0.0987. The summed E-state index contributed by atoms with van der Waals surface area (Å²) in [5, 5.41) is 10.4. The lowest BCUT2D eigenvalue weighted by atomic mass is 10.0. The van der Waals surface area contributed by atoms with Crippen molar-refractivity contribution >= 4 is 39.5 Å². The molecule has 0 amide bonds. The standard InChI is InChI=1S/C56H108O17P2/c1-6-9-12-15-16-17-18-19-20-21-22-27-32-37-42-56(61)73-52(46-67-54(59)40-35-31-26-24-23-25-30-33-38-49(4)5)48-71-75(64,65)69-44-50(57)43-68-74(62,63)70-47-51(72-55(60)41-36-29-14-11-8-3)45-66-53(58)39-34-28-13-10-7-2/h49-52,57H,6-48H2,1-5H3,(H,62,63)(H,64,65)/t50-,51+,52+/m0/s1. The van der Waals surface area contributed by atoms with Crippen molar-refractivity contribution in [1.82, 2.24) is 0 Å². The molecule has 3 N–H and O–H groups in total. The number of aliphatic hydroxyl groups excluding tert-OH is 1. The molecule has 17 nitrogen and oxygen atoms in total. The van der Waals surface area contributed by atoms with Crippen molar-refractivity contribution in [3.05, 3.63) is 0 Å². The lowest BCUT2D eigenvalue weighted by Gasteiger charge is -2.21. The zero-order chi connectivity index (χ0) is 55.7. The first kappa shape index (κ1) is 73.1. The molecule has 5 atom stereocenters. The van der Waals surface area contributed by atoms with E-state index in [0.29, 0.717) is 25.7 Å². The largest absolute Gasteiger partial charge is 0.472 e. The van der Waals surface area contributed by atoms with Crippen molar-refractivity contribution in [2.24, 2.45) is 5.92 Å². The van der Waals surface area contributed by atoms with Crippen molar-refractivity contribution in [3.8, 4) is 0 Å². The Kier molecular flexibility index (Phi) is 49.0. The highest BCUT2D eigenvalue weighted by Gasteiger charge is 2.30. The van der Waals surface area contributed by atoms with E-state index in [1.807, 2.05) is 0 Å². The van der Waals surface area contributed by atoms with E-state index in [2.05, 4.69) is 34.6 Å². The molecule has 75 heavy (non-hydrogen) atoms. The fourth-order valence-electron chi connectivity index (χ4n) is 8.17. The highest BCUT2D eigenvalue weighted by molar-refractivity contribution is 7.47. The molecule has 0 saturated heterocycles. The van der Waals surface area contributed by atoms with Gasteiger partial charge in [0.2, 0.25) is 0 Å². The number of phosphoric ester groups is 2. The fraction of sp³-hybridized carbons (Fsp3) is 0.929. The van der Waals surface area contributed by atoms with Crippen LogP contribution < -0.4 is 0 Å². The quantitative estimate of drug-likeness (QED) is 0.0222. The van der Waals surface area contributed by atoms with Crippen molar-refractivity contribution in [3.63, 3.8) is 0 Å². The van der Waals surface area contributed by atoms with E-state index < -0.39 is 97.5 Å². The molecule has 0 rings (SSSR count). The maximum atomic E-state index is 12.9. The number of unbranched alkanes of at least 4 members (excludes halogenated alkanes) is 28. The first-order valence-corrected chi connectivity index (χ1v) is 32.6. The predicted molar refractivity (Wildman–Crippen MR) is 294 cm³/mol. The number of hydrogen-bond donors (Lipinski definition) is 3. The molecule has 0 aromatic heterocycles. The van der Waals surface area contributed by atoms with Gasteiger partial charge in [-0.05, 0) is 31.6 Å². The molecule has 2 unspecified atom stereocenters. The second-order valence-electron chi connectivity index (χ2n) is 20.8. The Morgan fingerprint density at radius 3 is 0.907 bits per heavy atom. The van der Waals surface area contributed by atoms with E-state index in [0.717, 1.165) is 102 Å². The Hall–Kier alpha value is -1.94. The summed E-state index contributed by atoms with van der Waals surface area (Å²) in [6.45, 7) is 6.92. The van der Waals surface area contributed by atoms with Crippen LogP contribution in [0.3, 0.4) is 0 Å². The molecule has 0 aromatic carbocycles. The van der Waals surface area contributed by atoms with Crippen LogP contribution >= 0.6 is 15.6 Å². The number of esters is 4. The van der Waals surface area contributed by atoms with E-state index in [1.54, 1.807) is 0 Å². The third-order valence-electron chi connectivity index (χ3n) is 12.8. The van der Waals surface area contributed by atoms with Gasteiger partial charge in [-0.1, -0.05) is 221 Å². The van der Waals surface area contributed by atoms with E-state index in [1.165, 1.54) is 89.9 Å². The zero-order valence-corrected chi connectivity index (χ0v) is 49.5. The van der Waals surface area contributed by atoms with Crippen LogP contribution in [0.1, 0.15) is 272 Å². The van der Waals surface area contributed by atoms with Crippen molar-refractivity contribution in [2.75, 3.05) is 39.6 Å². The van der Waals surface area contributed by atoms with Gasteiger partial charge in [-0.2, -0.15) is 0 Å². The molecule has 0 saturated carbocycles. The van der Waals surface area contributed by atoms with Crippen LogP contribution in [0.5, 0.6) is 0 Å². The lowest BCUT2D eigenvalue weighted by molar-refractivity contribution is -0.161. The fourth-order valence-corrected chi connectivity index (χ4v) is 9.75. The molecule has 0 radical (unpaired) electrons. The van der Waals surface area contributed by atoms with Gasteiger partial charge in [-0.3, -0.25) is 37.3 Å². The number of aliphatic hydroxyl groups is 1. The number of phosphoric acid groups is 2. The third kappa shape index (κ3) is 51.3. The minimum Gasteiger partial charge on any atom is -0.462 e. The number of rotatable bonds is 56. The Balaban J connectivity index is 5.13. The number of carbonyl (C=O) groups is 4. The summed E-state index contributed by atoms with van der Waals surface area (Å²) in [6, 6.07) is 0. The Bertz CT molecular complexity index is 1480. The maximum absolute atomic E-state index is 12.9. The molecule has 0 fully saturated rings. The molecule has 444 valence electrons. The number of ether oxygens (including phenoxy) is 4. The summed E-state index contributed by atoms with van der Waals surface area (Å²) in [5.41, 5.74) is 0. The summed E-state index contributed by atoms with van der Waals surface area (Å²) in [4.78, 5) is 71.3. The molecule has 0 aliphatic rings. The van der Waals surface area contributed by atoms with Crippen LogP contribution in [0.15, 0.2) is 0 Å². The number of hydrogen-bond acceptors (Lipinski definition) is 15. The van der Waals surface area contributed by atoms with E-state index >= 15 is 0 Å².